The lowest BCUT2D eigenvalue weighted by molar-refractivity contribution is 0.417. The van der Waals surface area contributed by atoms with Gasteiger partial charge in [0.15, 0.2) is 0 Å². The Labute approximate surface area is 135 Å². The van der Waals surface area contributed by atoms with E-state index >= 15 is 0 Å². The number of nitrogens with zero attached hydrogens (tertiary/aromatic N) is 2. The highest BCUT2D eigenvalue weighted by Crippen LogP contribution is 2.22. The first kappa shape index (κ1) is 14.8. The Hall–Kier alpha value is -1.10. The summed E-state index contributed by atoms with van der Waals surface area (Å²) in [5.74, 6) is 1.10. The molecule has 1 aliphatic rings. The van der Waals surface area contributed by atoms with Crippen molar-refractivity contribution in [2.75, 3.05) is 24.5 Å². The van der Waals surface area contributed by atoms with Gasteiger partial charge in [-0.15, -0.1) is 11.3 Å². The van der Waals surface area contributed by atoms with Crippen LogP contribution in [0, 0.1) is 0 Å². The van der Waals surface area contributed by atoms with Crippen LogP contribution in [0.4, 0.5) is 5.82 Å². The molecule has 2 aromatic heterocycles. The molecule has 0 unspecified atom stereocenters. The van der Waals surface area contributed by atoms with Crippen LogP contribution in [0.15, 0.2) is 36.5 Å². The second-order valence-electron chi connectivity index (χ2n) is 5.36. The van der Waals surface area contributed by atoms with Crippen molar-refractivity contribution in [2.45, 2.75) is 25.3 Å². The molecule has 112 valence electrons. The standard InChI is InChI=1S/C16H20ClN3S/c17-15-5-4-14(21-15)6-10-18-13-7-11-20(12-8-13)16-3-1-2-9-19-16/h1-5,9,13,18H,6-8,10-12H2. The van der Waals surface area contributed by atoms with Gasteiger partial charge in [0, 0.05) is 36.8 Å². The number of piperidine rings is 1. The Morgan fingerprint density at radius 2 is 2.10 bits per heavy atom. The molecule has 0 amide bonds. The van der Waals surface area contributed by atoms with Crippen LogP contribution in [0.5, 0.6) is 0 Å². The second-order valence-corrected chi connectivity index (χ2v) is 7.16. The van der Waals surface area contributed by atoms with Crippen LogP contribution >= 0.6 is 22.9 Å². The Bertz CT molecular complexity index is 550. The first-order chi connectivity index (χ1) is 10.3. The lowest BCUT2D eigenvalue weighted by atomic mass is 10.0. The Kier molecular flexibility index (Phi) is 5.12. The molecule has 0 spiro atoms. The van der Waals surface area contributed by atoms with Crippen molar-refractivity contribution >= 4 is 28.8 Å². The molecule has 0 aromatic carbocycles. The van der Waals surface area contributed by atoms with Gasteiger partial charge in [-0.1, -0.05) is 17.7 Å². The van der Waals surface area contributed by atoms with E-state index in [1.807, 2.05) is 18.3 Å². The molecule has 0 saturated carbocycles. The van der Waals surface area contributed by atoms with Crippen molar-refractivity contribution in [1.29, 1.82) is 0 Å². The largest absolute Gasteiger partial charge is 0.357 e. The van der Waals surface area contributed by atoms with Gasteiger partial charge in [0.2, 0.25) is 0 Å². The molecule has 0 aliphatic carbocycles. The monoisotopic (exact) mass is 321 g/mol. The molecule has 0 radical (unpaired) electrons. The maximum Gasteiger partial charge on any atom is 0.128 e. The predicted molar refractivity (Wildman–Crippen MR) is 90.5 cm³/mol. The predicted octanol–water partition coefficient (Wildman–Crippen LogP) is 3.60. The van der Waals surface area contributed by atoms with Gasteiger partial charge in [-0.25, -0.2) is 4.98 Å². The van der Waals surface area contributed by atoms with E-state index in [1.54, 1.807) is 11.3 Å². The van der Waals surface area contributed by atoms with Crippen molar-refractivity contribution in [1.82, 2.24) is 10.3 Å². The summed E-state index contributed by atoms with van der Waals surface area (Å²) in [5, 5.41) is 3.67. The number of pyridine rings is 1. The third-order valence-corrected chi connectivity index (χ3v) is 5.19. The van der Waals surface area contributed by atoms with Gasteiger partial charge in [-0.2, -0.15) is 0 Å². The summed E-state index contributed by atoms with van der Waals surface area (Å²) in [6.07, 6.45) is 5.30. The number of aromatic nitrogens is 1. The fraction of sp³-hybridized carbons (Fsp3) is 0.438. The number of hydrogen-bond acceptors (Lipinski definition) is 4. The van der Waals surface area contributed by atoms with Gasteiger partial charge in [-0.3, -0.25) is 0 Å². The molecular formula is C16H20ClN3S. The summed E-state index contributed by atoms with van der Waals surface area (Å²) in [6, 6.07) is 10.8. The highest BCUT2D eigenvalue weighted by molar-refractivity contribution is 7.16. The fourth-order valence-corrected chi connectivity index (χ4v) is 3.83. The van der Waals surface area contributed by atoms with Crippen LogP contribution < -0.4 is 10.2 Å². The molecule has 0 bridgehead atoms. The van der Waals surface area contributed by atoms with Crippen LogP contribution in [0.2, 0.25) is 4.34 Å². The average molecular weight is 322 g/mol. The van der Waals surface area contributed by atoms with Crippen molar-refractivity contribution in [3.8, 4) is 0 Å². The summed E-state index contributed by atoms with van der Waals surface area (Å²) < 4.78 is 0.883. The van der Waals surface area contributed by atoms with Crippen LogP contribution in [-0.2, 0) is 6.42 Å². The molecule has 1 aliphatic heterocycles. The molecule has 2 aromatic rings. The minimum absolute atomic E-state index is 0.625. The maximum atomic E-state index is 5.95. The SMILES string of the molecule is Clc1ccc(CCNC2CCN(c3ccccn3)CC2)s1. The molecule has 1 saturated heterocycles. The van der Waals surface area contributed by atoms with Gasteiger partial charge in [0.25, 0.3) is 0 Å². The van der Waals surface area contributed by atoms with Crippen LogP contribution in [0.1, 0.15) is 17.7 Å². The van der Waals surface area contributed by atoms with E-state index < -0.39 is 0 Å². The highest BCUT2D eigenvalue weighted by atomic mass is 35.5. The Balaban J connectivity index is 1.40. The van der Waals surface area contributed by atoms with Crippen molar-refractivity contribution in [3.05, 3.63) is 45.7 Å². The fourth-order valence-electron chi connectivity index (χ4n) is 2.74. The topological polar surface area (TPSA) is 28.2 Å². The van der Waals surface area contributed by atoms with E-state index in [1.165, 1.54) is 17.7 Å². The summed E-state index contributed by atoms with van der Waals surface area (Å²) >= 11 is 7.63. The molecule has 0 atom stereocenters. The van der Waals surface area contributed by atoms with E-state index in [2.05, 4.69) is 33.4 Å². The maximum absolute atomic E-state index is 5.95. The molecule has 1 N–H and O–H groups in total. The van der Waals surface area contributed by atoms with Crippen LogP contribution in [-0.4, -0.2) is 30.7 Å². The summed E-state index contributed by atoms with van der Waals surface area (Å²) in [7, 11) is 0. The third-order valence-electron chi connectivity index (χ3n) is 3.90. The highest BCUT2D eigenvalue weighted by Gasteiger charge is 2.19. The zero-order chi connectivity index (χ0) is 14.5. The van der Waals surface area contributed by atoms with E-state index in [0.29, 0.717) is 6.04 Å². The van der Waals surface area contributed by atoms with E-state index in [4.69, 9.17) is 11.6 Å². The second kappa shape index (κ2) is 7.25. The summed E-state index contributed by atoms with van der Waals surface area (Å²) in [4.78, 5) is 8.16. The normalized spacial score (nSPS) is 16.3. The first-order valence-electron chi connectivity index (χ1n) is 7.45. The molecule has 3 heterocycles. The van der Waals surface area contributed by atoms with Crippen LogP contribution in [0.25, 0.3) is 0 Å². The van der Waals surface area contributed by atoms with E-state index in [-0.39, 0.29) is 0 Å². The van der Waals surface area contributed by atoms with Gasteiger partial charge >= 0.3 is 0 Å². The van der Waals surface area contributed by atoms with E-state index in [0.717, 1.165) is 36.2 Å². The smallest absolute Gasteiger partial charge is 0.128 e. The van der Waals surface area contributed by atoms with Crippen LogP contribution in [0.3, 0.4) is 0 Å². The number of halogens is 1. The quantitative estimate of drug-likeness (QED) is 0.912. The third kappa shape index (κ3) is 4.19. The lowest BCUT2D eigenvalue weighted by Crippen LogP contribution is -2.43. The van der Waals surface area contributed by atoms with Gasteiger partial charge < -0.3 is 10.2 Å². The summed E-state index contributed by atoms with van der Waals surface area (Å²) in [5.41, 5.74) is 0. The van der Waals surface area contributed by atoms with Crippen molar-refractivity contribution in [3.63, 3.8) is 0 Å². The number of anilines is 1. The molecular weight excluding hydrogens is 302 g/mol. The number of nitrogens with one attached hydrogen (secondary N) is 1. The molecule has 5 heteroatoms. The summed E-state index contributed by atoms with van der Waals surface area (Å²) in [6.45, 7) is 3.20. The average Bonchev–Trinajstić information content (AvgIpc) is 2.94. The molecule has 3 nitrogen and oxygen atoms in total. The Morgan fingerprint density at radius 3 is 2.76 bits per heavy atom. The van der Waals surface area contributed by atoms with Crippen molar-refractivity contribution in [2.24, 2.45) is 0 Å². The van der Waals surface area contributed by atoms with Gasteiger partial charge in [0.05, 0.1) is 4.34 Å². The first-order valence-corrected chi connectivity index (χ1v) is 8.64. The van der Waals surface area contributed by atoms with Gasteiger partial charge in [0.1, 0.15) is 5.82 Å². The number of hydrogen-bond donors (Lipinski definition) is 1. The lowest BCUT2D eigenvalue weighted by Gasteiger charge is -2.33. The van der Waals surface area contributed by atoms with E-state index in [9.17, 15) is 0 Å². The Morgan fingerprint density at radius 1 is 1.24 bits per heavy atom. The molecule has 21 heavy (non-hydrogen) atoms. The molecule has 3 rings (SSSR count). The van der Waals surface area contributed by atoms with Gasteiger partial charge in [-0.05, 0) is 43.5 Å². The zero-order valence-corrected chi connectivity index (χ0v) is 13.5. The number of thiophene rings is 1. The molecule has 1 fully saturated rings. The zero-order valence-electron chi connectivity index (χ0n) is 12.0. The minimum atomic E-state index is 0.625. The number of rotatable bonds is 5. The minimum Gasteiger partial charge on any atom is -0.357 e. The van der Waals surface area contributed by atoms with Crippen molar-refractivity contribution < 1.29 is 0 Å².